The van der Waals surface area contributed by atoms with E-state index in [1.54, 1.807) is 6.20 Å². The van der Waals surface area contributed by atoms with Crippen LogP contribution in [-0.4, -0.2) is 27.0 Å². The molecule has 104 valence electrons. The van der Waals surface area contributed by atoms with E-state index in [0.717, 1.165) is 12.2 Å². The predicted molar refractivity (Wildman–Crippen MR) is 68.2 cm³/mol. The molecule has 0 saturated carbocycles. The van der Waals surface area contributed by atoms with Crippen molar-refractivity contribution in [3.05, 3.63) is 47.4 Å². The molecule has 0 unspecified atom stereocenters. The number of aromatic carboxylic acids is 1. The van der Waals surface area contributed by atoms with Crippen molar-refractivity contribution in [3.8, 4) is 0 Å². The second-order valence-corrected chi connectivity index (χ2v) is 3.97. The zero-order valence-corrected chi connectivity index (χ0v) is 10.8. The van der Waals surface area contributed by atoms with E-state index in [2.05, 4.69) is 15.3 Å². The molecule has 0 aromatic carbocycles. The number of carboxylic acid groups (broad SMARTS) is 1. The summed E-state index contributed by atoms with van der Waals surface area (Å²) in [5.74, 6) is -0.533. The summed E-state index contributed by atoms with van der Waals surface area (Å²) in [6.45, 7) is 2.06. The zero-order valence-electron chi connectivity index (χ0n) is 10.8. The van der Waals surface area contributed by atoms with E-state index in [-0.39, 0.29) is 17.9 Å². The Hall–Kier alpha value is -2.70. The van der Waals surface area contributed by atoms with Crippen LogP contribution in [0.2, 0.25) is 0 Å². The van der Waals surface area contributed by atoms with Crippen LogP contribution >= 0.6 is 0 Å². The maximum atomic E-state index is 11.8. The highest BCUT2D eigenvalue weighted by Crippen LogP contribution is 2.04. The van der Waals surface area contributed by atoms with E-state index in [1.807, 2.05) is 6.92 Å². The Kier molecular flexibility index (Phi) is 4.09. The highest BCUT2D eigenvalue weighted by atomic mass is 16.4. The summed E-state index contributed by atoms with van der Waals surface area (Å²) in [5, 5.41) is 11.4. The number of oxazole rings is 1. The molecule has 2 aromatic heterocycles. The minimum Gasteiger partial charge on any atom is -0.477 e. The van der Waals surface area contributed by atoms with Gasteiger partial charge in [-0.15, -0.1) is 0 Å². The summed E-state index contributed by atoms with van der Waals surface area (Å²) >= 11 is 0. The average Bonchev–Trinajstić information content (AvgIpc) is 2.93. The van der Waals surface area contributed by atoms with E-state index in [9.17, 15) is 9.59 Å². The number of carbonyl (C=O) groups excluding carboxylic acids is 1. The number of nitrogens with one attached hydrogen (secondary N) is 1. The van der Waals surface area contributed by atoms with Crippen molar-refractivity contribution in [2.75, 3.05) is 0 Å². The van der Waals surface area contributed by atoms with E-state index in [0.29, 0.717) is 5.89 Å². The summed E-state index contributed by atoms with van der Waals surface area (Å²) in [6, 6.07) is 4.22. The standard InChI is InChI=1S/C13H13N3O4/c1-2-8-6-14-11(20-8)7-15-12(17)9-4-3-5-10(16-9)13(18)19/h3-6H,2,7H2,1H3,(H,15,17)(H,18,19). The Balaban J connectivity index is 2.01. The number of hydrogen-bond acceptors (Lipinski definition) is 5. The average molecular weight is 275 g/mol. The molecule has 1 amide bonds. The molecule has 2 heterocycles. The molecular formula is C13H13N3O4. The van der Waals surface area contributed by atoms with Gasteiger partial charge in [-0.25, -0.2) is 14.8 Å². The summed E-state index contributed by atoms with van der Waals surface area (Å²) in [7, 11) is 0. The highest BCUT2D eigenvalue weighted by molar-refractivity contribution is 5.94. The largest absolute Gasteiger partial charge is 0.477 e. The number of carbonyl (C=O) groups is 2. The summed E-state index contributed by atoms with van der Waals surface area (Å²) in [5.41, 5.74) is -0.144. The summed E-state index contributed by atoms with van der Waals surface area (Å²) in [6.07, 6.45) is 2.33. The Morgan fingerprint density at radius 2 is 2.10 bits per heavy atom. The Morgan fingerprint density at radius 3 is 2.75 bits per heavy atom. The molecule has 0 saturated heterocycles. The van der Waals surface area contributed by atoms with E-state index in [1.165, 1.54) is 18.2 Å². The number of carboxylic acids is 1. The van der Waals surface area contributed by atoms with Crippen LogP contribution in [0.15, 0.2) is 28.8 Å². The molecule has 0 bridgehead atoms. The van der Waals surface area contributed by atoms with Crippen LogP contribution in [0.1, 0.15) is 39.6 Å². The van der Waals surface area contributed by atoms with Gasteiger partial charge in [0.05, 0.1) is 12.7 Å². The lowest BCUT2D eigenvalue weighted by Crippen LogP contribution is -2.24. The van der Waals surface area contributed by atoms with Gasteiger partial charge in [-0.3, -0.25) is 4.79 Å². The lowest BCUT2D eigenvalue weighted by Gasteiger charge is -2.02. The topological polar surface area (TPSA) is 105 Å². The second kappa shape index (κ2) is 5.96. The molecule has 0 aliphatic carbocycles. The maximum Gasteiger partial charge on any atom is 0.354 e. The van der Waals surface area contributed by atoms with Crippen molar-refractivity contribution >= 4 is 11.9 Å². The van der Waals surface area contributed by atoms with Crippen LogP contribution in [0.3, 0.4) is 0 Å². The molecule has 0 aliphatic rings. The molecule has 7 heteroatoms. The monoisotopic (exact) mass is 275 g/mol. The quantitative estimate of drug-likeness (QED) is 0.851. The van der Waals surface area contributed by atoms with Crippen molar-refractivity contribution in [3.63, 3.8) is 0 Å². The van der Waals surface area contributed by atoms with Crippen molar-refractivity contribution < 1.29 is 19.1 Å². The molecule has 0 spiro atoms. The van der Waals surface area contributed by atoms with Gasteiger partial charge in [-0.05, 0) is 12.1 Å². The first-order valence-corrected chi connectivity index (χ1v) is 6.02. The number of amides is 1. The van der Waals surface area contributed by atoms with Gasteiger partial charge in [0.2, 0.25) is 5.89 Å². The maximum absolute atomic E-state index is 11.8. The predicted octanol–water partition coefficient (Wildman–Crippen LogP) is 1.26. The normalized spacial score (nSPS) is 10.2. The molecule has 2 N–H and O–H groups in total. The molecule has 0 radical (unpaired) electrons. The highest BCUT2D eigenvalue weighted by Gasteiger charge is 2.12. The van der Waals surface area contributed by atoms with E-state index >= 15 is 0 Å². The van der Waals surface area contributed by atoms with Crippen LogP contribution < -0.4 is 5.32 Å². The third kappa shape index (κ3) is 3.19. The fourth-order valence-corrected chi connectivity index (χ4v) is 1.52. The minimum atomic E-state index is -1.18. The minimum absolute atomic E-state index is 0.0344. The Bertz CT molecular complexity index is 636. The van der Waals surface area contributed by atoms with Crippen molar-refractivity contribution in [1.82, 2.24) is 15.3 Å². The lowest BCUT2D eigenvalue weighted by atomic mass is 10.3. The second-order valence-electron chi connectivity index (χ2n) is 3.97. The van der Waals surface area contributed by atoms with Crippen LogP contribution in [0.25, 0.3) is 0 Å². The Morgan fingerprint density at radius 1 is 1.35 bits per heavy atom. The van der Waals surface area contributed by atoms with Gasteiger partial charge in [0.25, 0.3) is 5.91 Å². The molecule has 0 fully saturated rings. The van der Waals surface area contributed by atoms with Crippen LogP contribution in [-0.2, 0) is 13.0 Å². The van der Waals surface area contributed by atoms with Gasteiger partial charge in [-0.1, -0.05) is 13.0 Å². The first-order chi connectivity index (χ1) is 9.60. The smallest absolute Gasteiger partial charge is 0.354 e. The zero-order chi connectivity index (χ0) is 14.5. The van der Waals surface area contributed by atoms with Gasteiger partial charge >= 0.3 is 5.97 Å². The number of aryl methyl sites for hydroxylation is 1. The first kappa shape index (κ1) is 13.7. The fourth-order valence-electron chi connectivity index (χ4n) is 1.52. The molecule has 20 heavy (non-hydrogen) atoms. The molecule has 0 aliphatic heterocycles. The Labute approximate surface area is 114 Å². The van der Waals surface area contributed by atoms with Crippen LogP contribution in [0, 0.1) is 0 Å². The third-order valence-electron chi connectivity index (χ3n) is 2.55. The third-order valence-corrected chi connectivity index (χ3v) is 2.55. The van der Waals surface area contributed by atoms with Crippen LogP contribution in [0.5, 0.6) is 0 Å². The number of rotatable bonds is 5. The summed E-state index contributed by atoms with van der Waals surface area (Å²) in [4.78, 5) is 30.4. The van der Waals surface area contributed by atoms with Gasteiger partial charge in [0.1, 0.15) is 17.1 Å². The molecule has 0 atom stereocenters. The van der Waals surface area contributed by atoms with Gasteiger partial charge in [-0.2, -0.15) is 0 Å². The van der Waals surface area contributed by atoms with Gasteiger partial charge in [0.15, 0.2) is 0 Å². The number of aromatic nitrogens is 2. The molecule has 7 nitrogen and oxygen atoms in total. The van der Waals surface area contributed by atoms with E-state index < -0.39 is 11.9 Å². The number of hydrogen-bond donors (Lipinski definition) is 2. The number of pyridine rings is 1. The van der Waals surface area contributed by atoms with Crippen molar-refractivity contribution in [1.29, 1.82) is 0 Å². The first-order valence-electron chi connectivity index (χ1n) is 6.02. The number of nitrogens with zero attached hydrogens (tertiary/aromatic N) is 2. The molecule has 2 aromatic rings. The lowest BCUT2D eigenvalue weighted by molar-refractivity contribution is 0.0690. The van der Waals surface area contributed by atoms with Gasteiger partial charge < -0.3 is 14.8 Å². The fraction of sp³-hybridized carbons (Fsp3) is 0.231. The van der Waals surface area contributed by atoms with E-state index in [4.69, 9.17) is 9.52 Å². The van der Waals surface area contributed by atoms with Crippen LogP contribution in [0.4, 0.5) is 0 Å². The van der Waals surface area contributed by atoms with Crippen molar-refractivity contribution in [2.24, 2.45) is 0 Å². The summed E-state index contributed by atoms with van der Waals surface area (Å²) < 4.78 is 5.34. The van der Waals surface area contributed by atoms with Crippen molar-refractivity contribution in [2.45, 2.75) is 19.9 Å². The van der Waals surface area contributed by atoms with Gasteiger partial charge in [0, 0.05) is 6.42 Å². The SMILES string of the molecule is CCc1cnc(CNC(=O)c2cccc(C(=O)O)n2)o1. The molecular weight excluding hydrogens is 262 g/mol. The molecule has 2 rings (SSSR count).